The van der Waals surface area contributed by atoms with Crippen LogP contribution in [0, 0.1) is 6.92 Å². The van der Waals surface area contributed by atoms with Crippen LogP contribution in [0.5, 0.6) is 0 Å². The van der Waals surface area contributed by atoms with Gasteiger partial charge >= 0.3 is 0 Å². The van der Waals surface area contributed by atoms with Crippen molar-refractivity contribution in [1.82, 2.24) is 20.1 Å². The first kappa shape index (κ1) is 22.5. The number of nitrogens with one attached hydrogen (secondary N) is 2. The normalized spacial score (nSPS) is 16.4. The van der Waals surface area contributed by atoms with Gasteiger partial charge in [-0.05, 0) is 73.7 Å². The lowest BCUT2D eigenvalue weighted by atomic mass is 10.1. The molecule has 0 radical (unpaired) electrons. The molecule has 0 aliphatic carbocycles. The highest BCUT2D eigenvalue weighted by atomic mass is 32.1. The van der Waals surface area contributed by atoms with E-state index in [4.69, 9.17) is 12.2 Å². The summed E-state index contributed by atoms with van der Waals surface area (Å²) in [5.41, 5.74) is 3.89. The second-order valence-corrected chi connectivity index (χ2v) is 9.05. The van der Waals surface area contributed by atoms with Crippen molar-refractivity contribution in [2.75, 3.05) is 19.6 Å². The van der Waals surface area contributed by atoms with Gasteiger partial charge in [0.1, 0.15) is 0 Å². The van der Waals surface area contributed by atoms with E-state index in [1.807, 2.05) is 37.3 Å². The molecule has 5 nitrogen and oxygen atoms in total. The van der Waals surface area contributed by atoms with E-state index in [0.29, 0.717) is 24.2 Å². The van der Waals surface area contributed by atoms with Gasteiger partial charge in [0, 0.05) is 30.2 Å². The van der Waals surface area contributed by atoms with E-state index in [1.54, 1.807) is 0 Å². The Morgan fingerprint density at radius 1 is 1.22 bits per heavy atom. The smallest absolute Gasteiger partial charge is 0.253 e. The molecule has 0 unspecified atom stereocenters. The lowest BCUT2D eigenvalue weighted by Gasteiger charge is -2.32. The molecule has 6 heteroatoms. The minimum atomic E-state index is -0.0438. The summed E-state index contributed by atoms with van der Waals surface area (Å²) in [6, 6.07) is 18.9. The number of likely N-dealkylation sites (N-methyl/N-ethyl adjacent to an activating group) is 1. The largest absolute Gasteiger partial charge is 0.358 e. The van der Waals surface area contributed by atoms with Gasteiger partial charge in [-0.15, -0.1) is 0 Å². The molecule has 1 aromatic heterocycles. The number of hydrogen-bond acceptors (Lipinski definition) is 3. The zero-order chi connectivity index (χ0) is 22.5. The van der Waals surface area contributed by atoms with Crippen LogP contribution >= 0.6 is 12.2 Å². The Kier molecular flexibility index (Phi) is 7.22. The van der Waals surface area contributed by atoms with Crippen LogP contribution in [0.25, 0.3) is 10.9 Å². The molecule has 2 aromatic carbocycles. The highest BCUT2D eigenvalue weighted by Gasteiger charge is 2.26. The van der Waals surface area contributed by atoms with Gasteiger partial charge in [0.2, 0.25) is 0 Å². The number of pyridine rings is 1. The van der Waals surface area contributed by atoms with Gasteiger partial charge in [0.05, 0.1) is 6.54 Å². The molecule has 1 atom stereocenters. The first-order chi connectivity index (χ1) is 15.5. The highest BCUT2D eigenvalue weighted by Crippen LogP contribution is 2.20. The first-order valence-electron chi connectivity index (χ1n) is 11.5. The van der Waals surface area contributed by atoms with Gasteiger partial charge in [-0.2, -0.15) is 0 Å². The predicted octanol–water partition coefficient (Wildman–Crippen LogP) is 4.20. The molecule has 4 rings (SSSR count). The van der Waals surface area contributed by atoms with E-state index in [2.05, 4.69) is 51.3 Å². The zero-order valence-electron chi connectivity index (χ0n) is 18.9. The van der Waals surface area contributed by atoms with Crippen molar-refractivity contribution >= 4 is 28.2 Å². The number of thiocarbonyl (C=S) groups is 1. The van der Waals surface area contributed by atoms with E-state index < -0.39 is 0 Å². The lowest BCUT2D eigenvalue weighted by Crippen LogP contribution is -2.46. The van der Waals surface area contributed by atoms with Gasteiger partial charge in [-0.25, -0.2) is 0 Å². The Balaban J connectivity index is 1.56. The molecule has 1 aliphatic rings. The van der Waals surface area contributed by atoms with Crippen molar-refractivity contribution in [2.45, 2.75) is 45.8 Å². The fourth-order valence-corrected chi connectivity index (χ4v) is 4.77. The zero-order valence-corrected chi connectivity index (χ0v) is 19.8. The number of H-pyrrole nitrogens is 1. The summed E-state index contributed by atoms with van der Waals surface area (Å²) in [6.45, 7) is 8.41. The molecular formula is C26H32N4OS. The van der Waals surface area contributed by atoms with Crippen LogP contribution in [-0.4, -0.2) is 45.6 Å². The van der Waals surface area contributed by atoms with Crippen molar-refractivity contribution in [3.8, 4) is 0 Å². The maximum absolute atomic E-state index is 12.9. The average molecular weight is 449 g/mol. The first-order valence-corrected chi connectivity index (χ1v) is 11.9. The second-order valence-electron chi connectivity index (χ2n) is 8.66. The van der Waals surface area contributed by atoms with Crippen molar-refractivity contribution in [2.24, 2.45) is 0 Å². The highest BCUT2D eigenvalue weighted by molar-refractivity contribution is 7.80. The summed E-state index contributed by atoms with van der Waals surface area (Å²) in [6.07, 6.45) is 2.38. The third kappa shape index (κ3) is 5.37. The van der Waals surface area contributed by atoms with Crippen LogP contribution in [0.15, 0.2) is 59.4 Å². The quantitative estimate of drug-likeness (QED) is 0.531. The Bertz CT molecular complexity index is 1130. The summed E-state index contributed by atoms with van der Waals surface area (Å²) in [5, 5.41) is 5.16. The molecular weight excluding hydrogens is 416 g/mol. The number of likely N-dealkylation sites (tertiary alicyclic amines) is 1. The number of hydrogen-bond donors (Lipinski definition) is 2. The Morgan fingerprint density at radius 3 is 2.81 bits per heavy atom. The number of aromatic amines is 1. The molecule has 1 fully saturated rings. The molecule has 0 saturated carbocycles. The van der Waals surface area contributed by atoms with Crippen LogP contribution < -0.4 is 10.9 Å². The fraction of sp³-hybridized carbons (Fsp3) is 0.385. The third-order valence-corrected chi connectivity index (χ3v) is 6.75. The fourth-order valence-electron chi connectivity index (χ4n) is 4.56. The molecule has 3 aromatic rings. The predicted molar refractivity (Wildman–Crippen MR) is 136 cm³/mol. The Morgan fingerprint density at radius 2 is 2.03 bits per heavy atom. The van der Waals surface area contributed by atoms with Gasteiger partial charge in [-0.3, -0.25) is 9.69 Å². The molecule has 2 N–H and O–H groups in total. The Hall–Kier alpha value is -2.70. The van der Waals surface area contributed by atoms with Crippen molar-refractivity contribution < 1.29 is 0 Å². The van der Waals surface area contributed by atoms with E-state index >= 15 is 0 Å². The van der Waals surface area contributed by atoms with Gasteiger partial charge in [0.15, 0.2) is 5.11 Å². The maximum atomic E-state index is 12.9. The average Bonchev–Trinajstić information content (AvgIpc) is 3.25. The molecule has 0 bridgehead atoms. The molecule has 168 valence electrons. The summed E-state index contributed by atoms with van der Waals surface area (Å²) in [5.74, 6) is 0. The minimum Gasteiger partial charge on any atom is -0.358 e. The van der Waals surface area contributed by atoms with Gasteiger partial charge in [0.25, 0.3) is 5.56 Å². The summed E-state index contributed by atoms with van der Waals surface area (Å²) >= 11 is 5.82. The molecule has 0 spiro atoms. The number of rotatable bonds is 7. The van der Waals surface area contributed by atoms with Crippen LogP contribution in [0.3, 0.4) is 0 Å². The van der Waals surface area contributed by atoms with Crippen molar-refractivity contribution in [1.29, 1.82) is 0 Å². The second kappa shape index (κ2) is 10.3. The third-order valence-electron chi connectivity index (χ3n) is 6.35. The molecule has 1 saturated heterocycles. The molecule has 32 heavy (non-hydrogen) atoms. The van der Waals surface area contributed by atoms with Crippen LogP contribution in [0.2, 0.25) is 0 Å². The number of aryl methyl sites for hydroxylation is 1. The summed E-state index contributed by atoms with van der Waals surface area (Å²) < 4.78 is 0. The molecule has 2 heterocycles. The van der Waals surface area contributed by atoms with E-state index in [1.165, 1.54) is 18.4 Å². The standard InChI is InChI=1S/C26H32N4OS/c1-3-29-13-7-10-23(29)18-30(26(32)27-16-20-8-5-4-6-9-20)17-22-15-21-12-11-19(2)14-24(21)28-25(22)31/h4-6,8-9,11-12,14-15,23H,3,7,10,13,16-18H2,1-2H3,(H,27,32)(H,28,31)/t23-/m0/s1. The monoisotopic (exact) mass is 448 g/mol. The van der Waals surface area contributed by atoms with E-state index in [0.717, 1.165) is 41.7 Å². The number of benzene rings is 2. The number of nitrogens with zero attached hydrogens (tertiary/aromatic N) is 2. The summed E-state index contributed by atoms with van der Waals surface area (Å²) in [7, 11) is 0. The van der Waals surface area contributed by atoms with Gasteiger partial charge < -0.3 is 15.2 Å². The number of fused-ring (bicyclic) bond motifs is 1. The van der Waals surface area contributed by atoms with Crippen LogP contribution in [-0.2, 0) is 13.1 Å². The molecule has 0 amide bonds. The Labute approximate surface area is 195 Å². The SMILES string of the molecule is CCN1CCC[C@H]1CN(Cc1cc2ccc(C)cc2[nH]c1=O)C(=S)NCc1ccccc1. The summed E-state index contributed by atoms with van der Waals surface area (Å²) in [4.78, 5) is 20.6. The van der Waals surface area contributed by atoms with E-state index in [-0.39, 0.29) is 5.56 Å². The van der Waals surface area contributed by atoms with Gasteiger partial charge in [-0.1, -0.05) is 49.4 Å². The number of aromatic nitrogens is 1. The maximum Gasteiger partial charge on any atom is 0.253 e. The lowest BCUT2D eigenvalue weighted by molar-refractivity contribution is 0.219. The van der Waals surface area contributed by atoms with Crippen LogP contribution in [0.1, 0.15) is 36.5 Å². The molecule has 1 aliphatic heterocycles. The van der Waals surface area contributed by atoms with Crippen molar-refractivity contribution in [3.63, 3.8) is 0 Å². The minimum absolute atomic E-state index is 0.0438. The topological polar surface area (TPSA) is 51.4 Å². The van der Waals surface area contributed by atoms with E-state index in [9.17, 15) is 4.79 Å². The van der Waals surface area contributed by atoms with Crippen LogP contribution in [0.4, 0.5) is 0 Å². The van der Waals surface area contributed by atoms with Crippen molar-refractivity contribution in [3.05, 3.63) is 81.6 Å².